The summed E-state index contributed by atoms with van der Waals surface area (Å²) in [4.78, 5) is 2.23. The summed E-state index contributed by atoms with van der Waals surface area (Å²) in [6.45, 7) is 1.66. The van der Waals surface area contributed by atoms with Crippen molar-refractivity contribution in [1.82, 2.24) is 0 Å². The maximum absolute atomic E-state index is 12.3. The quantitative estimate of drug-likeness (QED) is 0.771. The van der Waals surface area contributed by atoms with E-state index in [1.54, 1.807) is 18.9 Å². The highest BCUT2D eigenvalue weighted by atomic mass is 32.2. The summed E-state index contributed by atoms with van der Waals surface area (Å²) in [7, 11) is 2.16. The third-order valence-corrected chi connectivity index (χ3v) is 4.36. The normalized spacial score (nSPS) is 11.6. The highest BCUT2D eigenvalue weighted by Gasteiger charge is 2.12. The predicted molar refractivity (Wildman–Crippen MR) is 85.9 cm³/mol. The number of hydrogen-bond acceptors (Lipinski definition) is 4. The molecule has 0 aliphatic carbocycles. The van der Waals surface area contributed by atoms with Crippen LogP contribution >= 0.6 is 23.5 Å². The van der Waals surface area contributed by atoms with Crippen LogP contribution in [0.3, 0.4) is 0 Å². The Morgan fingerprint density at radius 1 is 1.30 bits per heavy atom. The Morgan fingerprint density at radius 3 is 2.40 bits per heavy atom. The SMILES string of the molecule is CF.COc1cc(SCCF)c(SC)cc1CC(C)N. The third kappa shape index (κ3) is 6.33. The standard InChI is InChI=1S/C13H20FNOS2.CH3F/c1-9(15)6-10-7-12(17-3)13(18-5-4-14)8-11(10)16-2;1-2/h7-9H,4-6,15H2,1-3H3;1H3. The van der Waals surface area contributed by atoms with Crippen molar-refractivity contribution in [2.75, 3.05) is 33.0 Å². The van der Waals surface area contributed by atoms with Crippen molar-refractivity contribution in [3.05, 3.63) is 17.7 Å². The number of rotatable bonds is 7. The first-order valence-corrected chi connectivity index (χ1v) is 8.40. The number of alkyl halides is 2. The van der Waals surface area contributed by atoms with E-state index in [9.17, 15) is 8.78 Å². The van der Waals surface area contributed by atoms with Gasteiger partial charge in [0.1, 0.15) is 5.75 Å². The van der Waals surface area contributed by atoms with Crippen molar-refractivity contribution in [3.63, 3.8) is 0 Å². The van der Waals surface area contributed by atoms with Gasteiger partial charge in [-0.25, -0.2) is 0 Å². The van der Waals surface area contributed by atoms with Crippen molar-refractivity contribution in [1.29, 1.82) is 0 Å². The molecule has 1 unspecified atom stereocenters. The molecule has 1 atom stereocenters. The zero-order chi connectivity index (χ0) is 15.5. The summed E-state index contributed by atoms with van der Waals surface area (Å²) in [5.74, 6) is 1.31. The molecule has 0 saturated carbocycles. The minimum absolute atomic E-state index is 0.0953. The van der Waals surface area contributed by atoms with E-state index in [2.05, 4.69) is 6.07 Å². The van der Waals surface area contributed by atoms with E-state index in [0.717, 1.165) is 27.5 Å². The van der Waals surface area contributed by atoms with Gasteiger partial charge in [-0.1, -0.05) is 0 Å². The van der Waals surface area contributed by atoms with Crippen molar-refractivity contribution in [2.45, 2.75) is 29.2 Å². The largest absolute Gasteiger partial charge is 0.496 e. The summed E-state index contributed by atoms with van der Waals surface area (Å²) < 4.78 is 27.2. The lowest BCUT2D eigenvalue weighted by Crippen LogP contribution is -2.18. The molecule has 0 radical (unpaired) electrons. The highest BCUT2D eigenvalue weighted by Crippen LogP contribution is 2.35. The van der Waals surface area contributed by atoms with Crippen LogP contribution in [-0.2, 0) is 6.42 Å². The molecule has 0 amide bonds. The first-order valence-electron chi connectivity index (χ1n) is 6.19. The zero-order valence-corrected chi connectivity index (χ0v) is 14.0. The fourth-order valence-corrected chi connectivity index (χ4v) is 3.34. The molecule has 0 heterocycles. The van der Waals surface area contributed by atoms with Crippen molar-refractivity contribution >= 4 is 23.5 Å². The number of benzene rings is 1. The summed E-state index contributed by atoms with van der Waals surface area (Å²) in [5, 5.41) is 0. The molecule has 2 N–H and O–H groups in total. The van der Waals surface area contributed by atoms with Gasteiger partial charge < -0.3 is 10.5 Å². The van der Waals surface area contributed by atoms with Crippen molar-refractivity contribution in [3.8, 4) is 5.75 Å². The Hall–Kier alpha value is -0.460. The maximum atomic E-state index is 12.3. The molecular formula is C14H23F2NOS2. The molecular weight excluding hydrogens is 300 g/mol. The molecule has 0 fully saturated rings. The van der Waals surface area contributed by atoms with Crippen LogP contribution in [0.1, 0.15) is 12.5 Å². The first-order chi connectivity index (χ1) is 9.62. The fourth-order valence-electron chi connectivity index (χ4n) is 1.70. The predicted octanol–water partition coefficient (Wildman–Crippen LogP) is 3.95. The molecule has 0 aliphatic heterocycles. The van der Waals surface area contributed by atoms with Crippen LogP contribution < -0.4 is 10.5 Å². The van der Waals surface area contributed by atoms with E-state index in [-0.39, 0.29) is 12.7 Å². The minimum Gasteiger partial charge on any atom is -0.496 e. The van der Waals surface area contributed by atoms with Gasteiger partial charge in [0, 0.05) is 21.6 Å². The average Bonchev–Trinajstić information content (AvgIpc) is 2.46. The van der Waals surface area contributed by atoms with E-state index in [0.29, 0.717) is 12.9 Å². The molecule has 0 bridgehead atoms. The molecule has 0 saturated heterocycles. The van der Waals surface area contributed by atoms with Gasteiger partial charge in [0.2, 0.25) is 0 Å². The average molecular weight is 323 g/mol. The number of halogens is 2. The van der Waals surface area contributed by atoms with E-state index in [4.69, 9.17) is 10.5 Å². The Bertz CT molecular complexity index is 390. The molecule has 116 valence electrons. The molecule has 0 aliphatic rings. The second kappa shape index (κ2) is 11.2. The van der Waals surface area contributed by atoms with Gasteiger partial charge in [-0.3, -0.25) is 8.78 Å². The Morgan fingerprint density at radius 2 is 1.95 bits per heavy atom. The number of hydrogen-bond donors (Lipinski definition) is 1. The van der Waals surface area contributed by atoms with E-state index < -0.39 is 0 Å². The Kier molecular flexibility index (Phi) is 11.0. The molecule has 0 aromatic heterocycles. The van der Waals surface area contributed by atoms with E-state index >= 15 is 0 Å². The maximum Gasteiger partial charge on any atom is 0.123 e. The monoisotopic (exact) mass is 323 g/mol. The third-order valence-electron chi connectivity index (χ3n) is 2.44. The summed E-state index contributed by atoms with van der Waals surface area (Å²) >= 11 is 3.19. The number of methoxy groups -OCH3 is 1. The van der Waals surface area contributed by atoms with Crippen LogP contribution in [0, 0.1) is 0 Å². The summed E-state index contributed by atoms with van der Waals surface area (Å²) in [5.41, 5.74) is 6.95. The van der Waals surface area contributed by atoms with Crippen LogP contribution in [0.15, 0.2) is 21.9 Å². The number of thioether (sulfide) groups is 2. The molecule has 1 aromatic rings. The molecule has 0 spiro atoms. The second-order valence-electron chi connectivity index (χ2n) is 4.03. The lowest BCUT2D eigenvalue weighted by Gasteiger charge is -2.15. The lowest BCUT2D eigenvalue weighted by atomic mass is 10.1. The van der Waals surface area contributed by atoms with Crippen molar-refractivity contribution in [2.24, 2.45) is 5.73 Å². The number of nitrogens with two attached hydrogens (primary N) is 1. The topological polar surface area (TPSA) is 35.2 Å². The molecule has 1 aromatic carbocycles. The van der Waals surface area contributed by atoms with Gasteiger partial charge >= 0.3 is 0 Å². The molecule has 6 heteroatoms. The van der Waals surface area contributed by atoms with Crippen LogP contribution in [0.25, 0.3) is 0 Å². The first kappa shape index (κ1) is 19.5. The molecule has 2 nitrogen and oxygen atoms in total. The molecule has 20 heavy (non-hydrogen) atoms. The second-order valence-corrected chi connectivity index (χ2v) is 6.02. The fraction of sp³-hybridized carbons (Fsp3) is 0.571. The molecule has 1 rings (SSSR count). The van der Waals surface area contributed by atoms with Crippen LogP contribution in [0.2, 0.25) is 0 Å². The summed E-state index contributed by atoms with van der Waals surface area (Å²) in [6, 6.07) is 4.19. The number of ether oxygens (including phenoxy) is 1. The van der Waals surface area contributed by atoms with Gasteiger partial charge in [-0.2, -0.15) is 0 Å². The van der Waals surface area contributed by atoms with Crippen molar-refractivity contribution < 1.29 is 13.5 Å². The smallest absolute Gasteiger partial charge is 0.123 e. The van der Waals surface area contributed by atoms with E-state index in [1.165, 1.54) is 11.8 Å². The van der Waals surface area contributed by atoms with Crippen LogP contribution in [0.4, 0.5) is 8.78 Å². The minimum atomic E-state index is -0.317. The zero-order valence-electron chi connectivity index (χ0n) is 12.4. The van der Waals surface area contributed by atoms with Crippen LogP contribution in [-0.4, -0.2) is 39.0 Å². The van der Waals surface area contributed by atoms with Gasteiger partial charge in [0.15, 0.2) is 0 Å². The van der Waals surface area contributed by atoms with Gasteiger partial charge in [0.05, 0.1) is 21.0 Å². The lowest BCUT2D eigenvalue weighted by molar-refractivity contribution is 0.406. The van der Waals surface area contributed by atoms with Gasteiger partial charge in [0.25, 0.3) is 0 Å². The van der Waals surface area contributed by atoms with Gasteiger partial charge in [-0.15, -0.1) is 23.5 Å². The summed E-state index contributed by atoms with van der Waals surface area (Å²) in [6.07, 6.45) is 2.81. The Labute approximate surface area is 128 Å². The van der Waals surface area contributed by atoms with E-state index in [1.807, 2.05) is 19.2 Å². The van der Waals surface area contributed by atoms with Gasteiger partial charge in [-0.05, 0) is 37.3 Å². The Balaban J connectivity index is 0.00000172. The highest BCUT2D eigenvalue weighted by molar-refractivity contribution is 8.02. The van der Waals surface area contributed by atoms with Crippen LogP contribution in [0.5, 0.6) is 5.75 Å².